The molecule has 1 aliphatic heterocycles. The van der Waals surface area contributed by atoms with Crippen molar-refractivity contribution in [1.82, 2.24) is 0 Å². The van der Waals surface area contributed by atoms with Gasteiger partial charge in [0.2, 0.25) is 0 Å². The maximum absolute atomic E-state index is 12.4. The Bertz CT molecular complexity index is 748. The van der Waals surface area contributed by atoms with Crippen LogP contribution in [-0.4, -0.2) is 31.1 Å². The zero-order valence-electron chi connectivity index (χ0n) is 14.5. The van der Waals surface area contributed by atoms with Gasteiger partial charge in [0.25, 0.3) is 0 Å². The van der Waals surface area contributed by atoms with E-state index in [1.54, 1.807) is 19.9 Å². The lowest BCUT2D eigenvalue weighted by molar-refractivity contribution is -0.156. The van der Waals surface area contributed by atoms with E-state index in [0.717, 1.165) is 10.0 Å². The highest BCUT2D eigenvalue weighted by Gasteiger charge is 2.39. The number of halogens is 1. The molecule has 0 aromatic heterocycles. The highest BCUT2D eigenvalue weighted by molar-refractivity contribution is 9.10. The van der Waals surface area contributed by atoms with Gasteiger partial charge < -0.3 is 14.2 Å². The van der Waals surface area contributed by atoms with E-state index in [0.29, 0.717) is 0 Å². The monoisotopic (exact) mass is 422 g/mol. The molecule has 0 bridgehead atoms. The summed E-state index contributed by atoms with van der Waals surface area (Å²) in [6, 6.07) is 7.40. The molecule has 2 rings (SSSR count). The van der Waals surface area contributed by atoms with Crippen LogP contribution in [0, 0.1) is 5.92 Å². The number of carbonyl (C=O) groups excluding carboxylic acids is 3. The second-order valence-corrected chi connectivity index (χ2v) is 6.28. The van der Waals surface area contributed by atoms with Crippen LogP contribution in [0.3, 0.4) is 0 Å². The van der Waals surface area contributed by atoms with Crippen LogP contribution in [0.5, 0.6) is 0 Å². The second-order valence-electron chi connectivity index (χ2n) is 5.37. The quantitative estimate of drug-likeness (QED) is 0.516. The molecule has 1 aromatic carbocycles. The van der Waals surface area contributed by atoms with Crippen molar-refractivity contribution in [2.45, 2.75) is 20.3 Å². The van der Waals surface area contributed by atoms with Crippen molar-refractivity contribution in [3.63, 3.8) is 0 Å². The number of rotatable bonds is 6. The molecule has 0 radical (unpaired) electrons. The Balaban J connectivity index is 2.43. The number of benzene rings is 1. The molecule has 6 nitrogen and oxygen atoms in total. The van der Waals surface area contributed by atoms with Crippen molar-refractivity contribution in [3.8, 4) is 0 Å². The molecule has 26 heavy (non-hydrogen) atoms. The Morgan fingerprint density at radius 2 is 1.81 bits per heavy atom. The third-order valence-electron chi connectivity index (χ3n) is 3.57. The minimum atomic E-state index is -1.04. The Kier molecular flexibility index (Phi) is 7.15. The summed E-state index contributed by atoms with van der Waals surface area (Å²) in [7, 11) is 0. The van der Waals surface area contributed by atoms with Crippen LogP contribution in [0.1, 0.15) is 25.8 Å². The summed E-state index contributed by atoms with van der Waals surface area (Å²) in [5.41, 5.74) is 0.830. The Labute approximate surface area is 159 Å². The molecule has 0 N–H and O–H groups in total. The van der Waals surface area contributed by atoms with Crippen LogP contribution in [0.2, 0.25) is 0 Å². The normalized spacial score (nSPS) is 17.2. The van der Waals surface area contributed by atoms with Crippen LogP contribution in [0.4, 0.5) is 0 Å². The largest absolute Gasteiger partial charge is 0.466 e. The second kappa shape index (κ2) is 9.33. The van der Waals surface area contributed by atoms with Crippen molar-refractivity contribution in [2.24, 2.45) is 5.92 Å². The predicted octanol–water partition coefficient (Wildman–Crippen LogP) is 3.41. The molecule has 0 saturated heterocycles. The predicted molar refractivity (Wildman–Crippen MR) is 97.7 cm³/mol. The van der Waals surface area contributed by atoms with Gasteiger partial charge in [0, 0.05) is 4.47 Å². The summed E-state index contributed by atoms with van der Waals surface area (Å²) < 4.78 is 16.2. The molecule has 0 aliphatic carbocycles. The summed E-state index contributed by atoms with van der Waals surface area (Å²) in [4.78, 5) is 36.5. The van der Waals surface area contributed by atoms with Crippen LogP contribution < -0.4 is 0 Å². The van der Waals surface area contributed by atoms with E-state index in [9.17, 15) is 14.4 Å². The van der Waals surface area contributed by atoms with Gasteiger partial charge in [0.15, 0.2) is 0 Å². The number of hydrogen-bond acceptors (Lipinski definition) is 6. The van der Waals surface area contributed by atoms with E-state index in [1.165, 1.54) is 6.08 Å². The number of carbonyl (C=O) groups is 3. The Morgan fingerprint density at radius 3 is 2.42 bits per heavy atom. The van der Waals surface area contributed by atoms with E-state index in [1.807, 2.05) is 24.3 Å². The fourth-order valence-electron chi connectivity index (χ4n) is 2.43. The summed E-state index contributed by atoms with van der Waals surface area (Å²) in [6.45, 7) is 3.59. The summed E-state index contributed by atoms with van der Waals surface area (Å²) >= 11 is 3.35. The SMILES string of the molecule is CCOC(=O)C1=C(/C=C/c2ccc(Br)cc2)OC(=O)C[C@H]1C(=O)OCC. The first-order valence-corrected chi connectivity index (χ1v) is 8.97. The first kappa shape index (κ1) is 19.9. The van der Waals surface area contributed by atoms with Gasteiger partial charge in [-0.2, -0.15) is 0 Å². The number of cyclic esters (lactones) is 1. The molecule has 1 heterocycles. The van der Waals surface area contributed by atoms with Gasteiger partial charge in [-0.15, -0.1) is 0 Å². The van der Waals surface area contributed by atoms with Crippen LogP contribution in [0.25, 0.3) is 6.08 Å². The lowest BCUT2D eigenvalue weighted by Gasteiger charge is -2.23. The fraction of sp³-hybridized carbons (Fsp3) is 0.316. The van der Waals surface area contributed by atoms with Crippen molar-refractivity contribution in [1.29, 1.82) is 0 Å². The Morgan fingerprint density at radius 1 is 1.15 bits per heavy atom. The van der Waals surface area contributed by atoms with Crippen LogP contribution >= 0.6 is 15.9 Å². The molecule has 1 aliphatic rings. The van der Waals surface area contributed by atoms with Crippen LogP contribution in [-0.2, 0) is 28.6 Å². The first-order valence-electron chi connectivity index (χ1n) is 8.18. The molecule has 138 valence electrons. The molecule has 7 heteroatoms. The lowest BCUT2D eigenvalue weighted by Crippen LogP contribution is -2.33. The standard InChI is InChI=1S/C19H19BrO6/c1-3-24-18(22)14-11-16(21)26-15(17(14)19(23)25-4-2)10-7-12-5-8-13(20)9-6-12/h5-10,14H,3-4,11H2,1-2H3/b10-7+/t14-/m1/s1. The zero-order chi connectivity index (χ0) is 19.1. The summed E-state index contributed by atoms with van der Waals surface area (Å²) in [5.74, 6) is -3.00. The van der Waals surface area contributed by atoms with Gasteiger partial charge in [-0.05, 0) is 37.6 Å². The Hall–Kier alpha value is -2.41. The van der Waals surface area contributed by atoms with Gasteiger partial charge in [-0.25, -0.2) is 4.79 Å². The highest BCUT2D eigenvalue weighted by atomic mass is 79.9. The van der Waals surface area contributed by atoms with Crippen LogP contribution in [0.15, 0.2) is 46.1 Å². The van der Waals surface area contributed by atoms with Crippen molar-refractivity contribution in [3.05, 3.63) is 51.7 Å². The topological polar surface area (TPSA) is 78.9 Å². The molecule has 0 amide bonds. The first-order chi connectivity index (χ1) is 12.5. The minimum absolute atomic E-state index is 0.000622. The number of hydrogen-bond donors (Lipinski definition) is 0. The average Bonchev–Trinajstić information content (AvgIpc) is 2.61. The van der Waals surface area contributed by atoms with Gasteiger partial charge in [-0.3, -0.25) is 9.59 Å². The van der Waals surface area contributed by atoms with Crippen molar-refractivity contribution in [2.75, 3.05) is 13.2 Å². The van der Waals surface area contributed by atoms with E-state index in [2.05, 4.69) is 15.9 Å². The third-order valence-corrected chi connectivity index (χ3v) is 4.10. The molecule has 0 spiro atoms. The highest BCUT2D eigenvalue weighted by Crippen LogP contribution is 2.30. The van der Waals surface area contributed by atoms with Crippen molar-refractivity contribution >= 4 is 39.9 Å². The molecular weight excluding hydrogens is 404 g/mol. The van der Waals surface area contributed by atoms with E-state index < -0.39 is 23.8 Å². The van der Waals surface area contributed by atoms with Gasteiger partial charge in [0.05, 0.1) is 25.2 Å². The molecule has 0 saturated carbocycles. The summed E-state index contributed by atoms with van der Waals surface area (Å²) in [6.07, 6.45) is 2.91. The molecule has 0 unspecified atom stereocenters. The van der Waals surface area contributed by atoms with E-state index in [-0.39, 0.29) is 31.0 Å². The molecule has 1 aromatic rings. The van der Waals surface area contributed by atoms with E-state index >= 15 is 0 Å². The fourth-order valence-corrected chi connectivity index (χ4v) is 2.69. The van der Waals surface area contributed by atoms with Gasteiger partial charge >= 0.3 is 17.9 Å². The maximum Gasteiger partial charge on any atom is 0.338 e. The minimum Gasteiger partial charge on any atom is -0.466 e. The molecular formula is C19H19BrO6. The smallest absolute Gasteiger partial charge is 0.338 e. The average molecular weight is 423 g/mol. The zero-order valence-corrected chi connectivity index (χ0v) is 16.1. The van der Waals surface area contributed by atoms with E-state index in [4.69, 9.17) is 14.2 Å². The number of allylic oxidation sites excluding steroid dienone is 1. The summed E-state index contributed by atoms with van der Waals surface area (Å²) in [5, 5.41) is 0. The van der Waals surface area contributed by atoms with Gasteiger partial charge in [-0.1, -0.05) is 34.1 Å². The lowest BCUT2D eigenvalue weighted by atomic mass is 9.92. The molecule has 0 fully saturated rings. The van der Waals surface area contributed by atoms with Gasteiger partial charge in [0.1, 0.15) is 11.7 Å². The number of ether oxygens (including phenoxy) is 3. The third kappa shape index (κ3) is 5.05. The molecule has 1 atom stereocenters. The van der Waals surface area contributed by atoms with Crippen molar-refractivity contribution < 1.29 is 28.6 Å². The maximum atomic E-state index is 12.4. The number of esters is 3.